The van der Waals surface area contributed by atoms with E-state index in [-0.39, 0.29) is 0 Å². The Bertz CT molecular complexity index is 457. The molecule has 0 atom stereocenters. The number of nitrogens with zero attached hydrogens (tertiary/aromatic N) is 1. The lowest BCUT2D eigenvalue weighted by atomic mass is 10.4. The Hall–Kier alpha value is -0.230. The minimum Gasteiger partial charge on any atom is -0.307 e. The van der Waals surface area contributed by atoms with E-state index in [2.05, 4.69) is 46.1 Å². The van der Waals surface area contributed by atoms with Gasteiger partial charge in [-0.1, -0.05) is 0 Å². The number of rotatable bonds is 4. The van der Waals surface area contributed by atoms with Gasteiger partial charge in [-0.05, 0) is 35.8 Å². The van der Waals surface area contributed by atoms with Crippen molar-refractivity contribution in [1.82, 2.24) is 10.3 Å². The second-order valence-electron chi connectivity index (χ2n) is 3.58. The number of nitrogens with one attached hydrogen (secondary N) is 1. The van der Waals surface area contributed by atoms with Crippen LogP contribution in [-0.2, 0) is 13.1 Å². The van der Waals surface area contributed by atoms with E-state index in [0.717, 1.165) is 18.8 Å². The summed E-state index contributed by atoms with van der Waals surface area (Å²) < 4.78 is 1.21. The number of thiazole rings is 1. The van der Waals surface area contributed by atoms with Crippen LogP contribution in [0.5, 0.6) is 0 Å². The van der Waals surface area contributed by atoms with Gasteiger partial charge in [0.15, 0.2) is 0 Å². The molecular weight excluding hydrogens is 304 g/mol. The highest BCUT2D eigenvalue weighted by atomic mass is 79.9. The van der Waals surface area contributed by atoms with Crippen LogP contribution in [0.25, 0.3) is 0 Å². The monoisotopic (exact) mass is 316 g/mol. The Morgan fingerprint density at radius 1 is 1.38 bits per heavy atom. The summed E-state index contributed by atoms with van der Waals surface area (Å²) in [6.45, 7) is 6.02. The summed E-state index contributed by atoms with van der Waals surface area (Å²) in [6.07, 6.45) is 0. The molecule has 2 nitrogen and oxygen atoms in total. The summed E-state index contributed by atoms with van der Waals surface area (Å²) in [4.78, 5) is 8.27. The van der Waals surface area contributed by atoms with Crippen LogP contribution < -0.4 is 5.32 Å². The highest BCUT2D eigenvalue weighted by Crippen LogP contribution is 2.26. The SMILES string of the molecule is Cc1ncsc1CNCc1cc(Br)c(C)s1. The normalized spacial score (nSPS) is 10.9. The number of thiophene rings is 1. The molecule has 2 heterocycles. The first-order valence-electron chi connectivity index (χ1n) is 5.01. The molecule has 0 radical (unpaired) electrons. The number of hydrogen-bond donors (Lipinski definition) is 1. The van der Waals surface area contributed by atoms with Crippen LogP contribution >= 0.6 is 38.6 Å². The zero-order valence-corrected chi connectivity index (χ0v) is 12.4. The second-order valence-corrected chi connectivity index (χ2v) is 6.72. The minimum atomic E-state index is 0.908. The van der Waals surface area contributed by atoms with Gasteiger partial charge in [-0.15, -0.1) is 22.7 Å². The van der Waals surface area contributed by atoms with Crippen LogP contribution in [0.3, 0.4) is 0 Å². The molecule has 0 saturated heterocycles. The van der Waals surface area contributed by atoms with Crippen molar-refractivity contribution in [2.45, 2.75) is 26.9 Å². The van der Waals surface area contributed by atoms with Gasteiger partial charge in [-0.3, -0.25) is 0 Å². The third-order valence-electron chi connectivity index (χ3n) is 2.34. The van der Waals surface area contributed by atoms with Gasteiger partial charge in [-0.2, -0.15) is 0 Å². The van der Waals surface area contributed by atoms with E-state index in [1.165, 1.54) is 19.1 Å². The molecule has 2 aromatic rings. The average molecular weight is 317 g/mol. The first-order valence-corrected chi connectivity index (χ1v) is 7.50. The maximum absolute atomic E-state index is 4.23. The van der Waals surface area contributed by atoms with Crippen molar-refractivity contribution in [3.63, 3.8) is 0 Å². The highest BCUT2D eigenvalue weighted by molar-refractivity contribution is 9.10. The average Bonchev–Trinajstić information content (AvgIpc) is 2.76. The van der Waals surface area contributed by atoms with Crippen molar-refractivity contribution in [1.29, 1.82) is 0 Å². The molecule has 0 aliphatic heterocycles. The van der Waals surface area contributed by atoms with E-state index in [9.17, 15) is 0 Å². The molecule has 0 aliphatic rings. The van der Waals surface area contributed by atoms with E-state index in [1.807, 2.05) is 16.8 Å². The predicted octanol–water partition coefficient (Wildman–Crippen LogP) is 3.87. The van der Waals surface area contributed by atoms with Crippen LogP contribution in [0.4, 0.5) is 0 Å². The fraction of sp³-hybridized carbons (Fsp3) is 0.364. The molecule has 5 heteroatoms. The Labute approximate surface area is 112 Å². The minimum absolute atomic E-state index is 0.908. The molecule has 2 rings (SSSR count). The zero-order chi connectivity index (χ0) is 11.5. The topological polar surface area (TPSA) is 24.9 Å². The van der Waals surface area contributed by atoms with Crippen LogP contribution in [0.1, 0.15) is 20.3 Å². The van der Waals surface area contributed by atoms with Crippen LogP contribution in [-0.4, -0.2) is 4.98 Å². The first-order chi connectivity index (χ1) is 7.66. The smallest absolute Gasteiger partial charge is 0.0798 e. The van der Waals surface area contributed by atoms with Gasteiger partial charge >= 0.3 is 0 Å². The molecular formula is C11H13BrN2S2. The molecule has 0 spiro atoms. The van der Waals surface area contributed by atoms with Crippen molar-refractivity contribution in [2.75, 3.05) is 0 Å². The molecule has 0 fully saturated rings. The lowest BCUT2D eigenvalue weighted by Gasteiger charge is -2.01. The lowest BCUT2D eigenvalue weighted by molar-refractivity contribution is 0.704. The fourth-order valence-corrected chi connectivity index (χ4v) is 3.72. The zero-order valence-electron chi connectivity index (χ0n) is 9.21. The van der Waals surface area contributed by atoms with Gasteiger partial charge in [0.25, 0.3) is 0 Å². The second kappa shape index (κ2) is 5.40. The molecule has 86 valence electrons. The van der Waals surface area contributed by atoms with Crippen molar-refractivity contribution < 1.29 is 0 Å². The van der Waals surface area contributed by atoms with Crippen molar-refractivity contribution in [3.05, 3.63) is 36.4 Å². The van der Waals surface area contributed by atoms with E-state index in [1.54, 1.807) is 11.3 Å². The fourth-order valence-electron chi connectivity index (χ4n) is 1.40. The van der Waals surface area contributed by atoms with E-state index in [0.29, 0.717) is 0 Å². The Morgan fingerprint density at radius 3 is 2.75 bits per heavy atom. The van der Waals surface area contributed by atoms with E-state index in [4.69, 9.17) is 0 Å². The summed E-state index contributed by atoms with van der Waals surface area (Å²) in [6, 6.07) is 2.19. The number of aromatic nitrogens is 1. The van der Waals surface area contributed by atoms with Crippen molar-refractivity contribution >= 4 is 38.6 Å². The number of aryl methyl sites for hydroxylation is 2. The Morgan fingerprint density at radius 2 is 2.19 bits per heavy atom. The van der Waals surface area contributed by atoms with Gasteiger partial charge < -0.3 is 5.32 Å². The molecule has 0 aliphatic carbocycles. The molecule has 2 aromatic heterocycles. The first kappa shape index (κ1) is 12.2. The van der Waals surface area contributed by atoms with Gasteiger partial charge in [-0.25, -0.2) is 4.98 Å². The van der Waals surface area contributed by atoms with Crippen LogP contribution in [0.15, 0.2) is 16.0 Å². The summed E-state index contributed by atoms with van der Waals surface area (Å²) in [5, 5.41) is 3.45. The van der Waals surface area contributed by atoms with Crippen LogP contribution in [0, 0.1) is 13.8 Å². The molecule has 0 bridgehead atoms. The number of hydrogen-bond acceptors (Lipinski definition) is 4. The summed E-state index contributed by atoms with van der Waals surface area (Å²) in [7, 11) is 0. The maximum atomic E-state index is 4.23. The summed E-state index contributed by atoms with van der Waals surface area (Å²) in [5.41, 5.74) is 3.04. The maximum Gasteiger partial charge on any atom is 0.0798 e. The quantitative estimate of drug-likeness (QED) is 0.926. The molecule has 0 aromatic carbocycles. The number of halogens is 1. The molecule has 1 N–H and O–H groups in total. The largest absolute Gasteiger partial charge is 0.307 e. The molecule has 0 amide bonds. The molecule has 16 heavy (non-hydrogen) atoms. The highest BCUT2D eigenvalue weighted by Gasteiger charge is 2.04. The predicted molar refractivity (Wildman–Crippen MR) is 74.2 cm³/mol. The third-order valence-corrected chi connectivity index (χ3v) is 5.41. The third kappa shape index (κ3) is 2.91. The summed E-state index contributed by atoms with van der Waals surface area (Å²) >= 11 is 7.08. The van der Waals surface area contributed by atoms with Gasteiger partial charge in [0.05, 0.1) is 11.2 Å². The van der Waals surface area contributed by atoms with Gasteiger partial charge in [0.2, 0.25) is 0 Å². The molecule has 0 saturated carbocycles. The Balaban J connectivity index is 1.87. The summed E-state index contributed by atoms with van der Waals surface area (Å²) in [5.74, 6) is 0. The van der Waals surface area contributed by atoms with Crippen LogP contribution in [0.2, 0.25) is 0 Å². The van der Waals surface area contributed by atoms with E-state index >= 15 is 0 Å². The van der Waals surface area contributed by atoms with Crippen molar-refractivity contribution in [2.24, 2.45) is 0 Å². The van der Waals surface area contributed by atoms with E-state index < -0.39 is 0 Å². The van der Waals surface area contributed by atoms with Gasteiger partial charge in [0, 0.05) is 32.2 Å². The Kier molecular flexibility index (Phi) is 4.13. The standard InChI is InChI=1S/C11H13BrN2S2/c1-7-11(15-6-14-7)5-13-4-9-3-10(12)8(2)16-9/h3,6,13H,4-5H2,1-2H3. The van der Waals surface area contributed by atoms with Crippen molar-refractivity contribution in [3.8, 4) is 0 Å². The molecule has 0 unspecified atom stereocenters. The van der Waals surface area contributed by atoms with Gasteiger partial charge in [0.1, 0.15) is 0 Å². The lowest BCUT2D eigenvalue weighted by Crippen LogP contribution is -2.11.